The molecule has 1 atom stereocenters. The lowest BCUT2D eigenvalue weighted by Gasteiger charge is -2.14. The van der Waals surface area contributed by atoms with Gasteiger partial charge >= 0.3 is 5.97 Å². The molecule has 6 heteroatoms. The predicted molar refractivity (Wildman–Crippen MR) is 72.8 cm³/mol. The number of carbonyl (C=O) groups is 1. The fourth-order valence-corrected chi connectivity index (χ4v) is 2.07. The number of hydrogen-bond donors (Lipinski definition) is 3. The zero-order chi connectivity index (χ0) is 14.5. The van der Waals surface area contributed by atoms with Crippen molar-refractivity contribution in [3.63, 3.8) is 0 Å². The molecule has 3 N–H and O–H groups in total. The third-order valence-electron chi connectivity index (χ3n) is 3.02. The minimum Gasteiger partial charge on any atom is -0.478 e. The number of methoxy groups -OCH3 is 1. The summed E-state index contributed by atoms with van der Waals surface area (Å²) in [5.41, 5.74) is 0.691. The summed E-state index contributed by atoms with van der Waals surface area (Å²) in [6, 6.07) is 6.72. The lowest BCUT2D eigenvalue weighted by molar-refractivity contribution is 0.0695. The van der Waals surface area contributed by atoms with Crippen molar-refractivity contribution in [2.24, 2.45) is 0 Å². The summed E-state index contributed by atoms with van der Waals surface area (Å²) in [5, 5.41) is 22.1. The maximum atomic E-state index is 11.4. The first kappa shape index (κ1) is 14.5. The molecule has 2 aromatic rings. The van der Waals surface area contributed by atoms with Crippen molar-refractivity contribution >= 4 is 16.9 Å². The number of hydrogen-bond acceptors (Lipinski definition) is 5. The number of ether oxygens (including phenoxy) is 1. The molecule has 0 radical (unpaired) electrons. The van der Waals surface area contributed by atoms with Crippen LogP contribution in [0.3, 0.4) is 0 Å². The van der Waals surface area contributed by atoms with Crippen molar-refractivity contribution in [2.75, 3.05) is 20.3 Å². The largest absolute Gasteiger partial charge is 0.478 e. The number of aromatic carboxylic acids is 1. The molecule has 1 aromatic heterocycles. The lowest BCUT2D eigenvalue weighted by atomic mass is 10.1. The summed E-state index contributed by atoms with van der Waals surface area (Å²) in [7, 11) is 1.54. The highest BCUT2D eigenvalue weighted by molar-refractivity contribution is 6.03. The van der Waals surface area contributed by atoms with Gasteiger partial charge in [0.05, 0.1) is 25.8 Å². The number of para-hydroxylation sites is 1. The summed E-state index contributed by atoms with van der Waals surface area (Å²) in [5.74, 6) is -0.688. The molecule has 1 aromatic carbocycles. The molecule has 0 saturated carbocycles. The highest BCUT2D eigenvalue weighted by Crippen LogP contribution is 2.25. The number of furan rings is 1. The van der Waals surface area contributed by atoms with Gasteiger partial charge in [-0.05, 0) is 6.07 Å². The first-order valence-electron chi connectivity index (χ1n) is 6.24. The number of fused-ring (bicyclic) bond motifs is 1. The smallest absolute Gasteiger partial charge is 0.339 e. The minimum absolute atomic E-state index is 0.101. The maximum Gasteiger partial charge on any atom is 0.339 e. The van der Waals surface area contributed by atoms with Crippen LogP contribution < -0.4 is 5.32 Å². The zero-order valence-corrected chi connectivity index (χ0v) is 11.1. The highest BCUT2D eigenvalue weighted by Gasteiger charge is 2.20. The van der Waals surface area contributed by atoms with Crippen LogP contribution >= 0.6 is 0 Å². The van der Waals surface area contributed by atoms with E-state index in [2.05, 4.69) is 5.32 Å². The molecule has 0 saturated heterocycles. The summed E-state index contributed by atoms with van der Waals surface area (Å²) in [4.78, 5) is 11.4. The molecule has 0 spiro atoms. The van der Waals surface area contributed by atoms with E-state index in [-0.39, 0.29) is 24.8 Å². The molecule has 1 heterocycles. The predicted octanol–water partition coefficient (Wildman–Crippen LogP) is 1.23. The van der Waals surface area contributed by atoms with E-state index in [0.29, 0.717) is 23.3 Å². The third kappa shape index (κ3) is 2.98. The quantitative estimate of drug-likeness (QED) is 0.706. The van der Waals surface area contributed by atoms with E-state index in [1.807, 2.05) is 0 Å². The lowest BCUT2D eigenvalue weighted by Crippen LogP contribution is -2.36. The van der Waals surface area contributed by atoms with E-state index in [9.17, 15) is 9.90 Å². The molecule has 0 fully saturated rings. The molecule has 2 rings (SSSR count). The number of benzene rings is 1. The molecule has 6 nitrogen and oxygen atoms in total. The Balaban J connectivity index is 2.25. The van der Waals surface area contributed by atoms with E-state index >= 15 is 0 Å². The standard InChI is InChI=1S/C14H17NO5/c1-19-8-9(7-16)15-6-12-13(14(17)18)10-4-2-3-5-11(10)20-12/h2-5,9,15-16H,6-8H2,1H3,(H,17,18). The van der Waals surface area contributed by atoms with Crippen molar-refractivity contribution in [2.45, 2.75) is 12.6 Å². The van der Waals surface area contributed by atoms with Crippen molar-refractivity contribution in [1.82, 2.24) is 5.32 Å². The van der Waals surface area contributed by atoms with Gasteiger partial charge in [-0.1, -0.05) is 18.2 Å². The second-order valence-electron chi connectivity index (χ2n) is 4.42. The molecule has 0 amide bonds. The first-order valence-corrected chi connectivity index (χ1v) is 6.24. The van der Waals surface area contributed by atoms with E-state index in [1.54, 1.807) is 24.3 Å². The van der Waals surface area contributed by atoms with Gasteiger partial charge in [-0.15, -0.1) is 0 Å². The van der Waals surface area contributed by atoms with Crippen molar-refractivity contribution in [1.29, 1.82) is 0 Å². The number of aliphatic hydroxyl groups is 1. The van der Waals surface area contributed by atoms with Gasteiger partial charge in [0.25, 0.3) is 0 Å². The average molecular weight is 279 g/mol. The highest BCUT2D eigenvalue weighted by atomic mass is 16.5. The van der Waals surface area contributed by atoms with Gasteiger partial charge in [-0.2, -0.15) is 0 Å². The maximum absolute atomic E-state index is 11.4. The van der Waals surface area contributed by atoms with E-state index < -0.39 is 5.97 Å². The van der Waals surface area contributed by atoms with Crippen LogP contribution in [0.15, 0.2) is 28.7 Å². The van der Waals surface area contributed by atoms with Gasteiger partial charge in [-0.25, -0.2) is 4.79 Å². The van der Waals surface area contributed by atoms with Gasteiger partial charge < -0.3 is 24.7 Å². The van der Waals surface area contributed by atoms with E-state index in [1.165, 1.54) is 7.11 Å². The van der Waals surface area contributed by atoms with Crippen LogP contribution in [0.25, 0.3) is 11.0 Å². The molecular formula is C14H17NO5. The van der Waals surface area contributed by atoms with Gasteiger partial charge in [-0.3, -0.25) is 0 Å². The van der Waals surface area contributed by atoms with Gasteiger partial charge in [0.15, 0.2) is 0 Å². The van der Waals surface area contributed by atoms with E-state index in [0.717, 1.165) is 0 Å². The molecule has 0 aliphatic carbocycles. The van der Waals surface area contributed by atoms with Gasteiger partial charge in [0, 0.05) is 12.5 Å². The number of aliphatic hydroxyl groups excluding tert-OH is 1. The SMILES string of the molecule is COCC(CO)NCc1oc2ccccc2c1C(=O)O. The second-order valence-corrected chi connectivity index (χ2v) is 4.42. The fourth-order valence-electron chi connectivity index (χ4n) is 2.07. The summed E-state index contributed by atoms with van der Waals surface area (Å²) in [6.45, 7) is 0.445. The van der Waals surface area contributed by atoms with Crippen LogP contribution in [0, 0.1) is 0 Å². The van der Waals surface area contributed by atoms with Crippen LogP contribution in [-0.4, -0.2) is 42.5 Å². The molecule has 108 valence electrons. The van der Waals surface area contributed by atoms with Gasteiger partial charge in [0.1, 0.15) is 16.9 Å². The summed E-state index contributed by atoms with van der Waals surface area (Å²) >= 11 is 0. The first-order chi connectivity index (χ1) is 9.67. The average Bonchev–Trinajstić information content (AvgIpc) is 2.81. The van der Waals surface area contributed by atoms with Crippen LogP contribution in [-0.2, 0) is 11.3 Å². The Bertz CT molecular complexity index is 592. The number of carboxylic acids is 1. The molecule has 0 bridgehead atoms. The number of nitrogens with one attached hydrogen (secondary N) is 1. The van der Waals surface area contributed by atoms with Crippen LogP contribution in [0.2, 0.25) is 0 Å². The Morgan fingerprint density at radius 3 is 2.85 bits per heavy atom. The molecule has 0 aliphatic rings. The van der Waals surface area contributed by atoms with Crippen LogP contribution in [0.5, 0.6) is 0 Å². The van der Waals surface area contributed by atoms with Crippen molar-refractivity contribution in [3.05, 3.63) is 35.6 Å². The Kier molecular flexibility index (Phi) is 4.73. The third-order valence-corrected chi connectivity index (χ3v) is 3.02. The Morgan fingerprint density at radius 1 is 1.45 bits per heavy atom. The van der Waals surface area contributed by atoms with Crippen molar-refractivity contribution < 1.29 is 24.2 Å². The minimum atomic E-state index is -1.03. The fraction of sp³-hybridized carbons (Fsp3) is 0.357. The normalized spacial score (nSPS) is 12.7. The Morgan fingerprint density at radius 2 is 2.20 bits per heavy atom. The Labute approximate surface area is 116 Å². The molecule has 20 heavy (non-hydrogen) atoms. The monoisotopic (exact) mass is 279 g/mol. The summed E-state index contributed by atoms with van der Waals surface area (Å²) in [6.07, 6.45) is 0. The van der Waals surface area contributed by atoms with E-state index in [4.69, 9.17) is 14.3 Å². The van der Waals surface area contributed by atoms with Crippen molar-refractivity contribution in [3.8, 4) is 0 Å². The number of carboxylic acid groups (broad SMARTS) is 1. The van der Waals surface area contributed by atoms with Crippen LogP contribution in [0.4, 0.5) is 0 Å². The topological polar surface area (TPSA) is 91.9 Å². The number of rotatable bonds is 7. The molecular weight excluding hydrogens is 262 g/mol. The summed E-state index contributed by atoms with van der Waals surface area (Å²) < 4.78 is 10.5. The molecule has 0 aliphatic heterocycles. The zero-order valence-electron chi connectivity index (χ0n) is 11.1. The molecule has 1 unspecified atom stereocenters. The Hall–Kier alpha value is -1.89. The van der Waals surface area contributed by atoms with Crippen LogP contribution in [0.1, 0.15) is 16.1 Å². The second kappa shape index (κ2) is 6.51. The van der Waals surface area contributed by atoms with Gasteiger partial charge in [0.2, 0.25) is 0 Å².